The van der Waals surface area contributed by atoms with Crippen LogP contribution in [-0.4, -0.2) is 25.4 Å². The molecule has 0 spiro atoms. The Kier molecular flexibility index (Phi) is 7.63. The first kappa shape index (κ1) is 17.0. The molecule has 0 saturated carbocycles. The first-order valence-electron chi connectivity index (χ1n) is 7.56. The molecular formula is C17H29NO2. The molecule has 3 nitrogen and oxygen atoms in total. The van der Waals surface area contributed by atoms with Crippen LogP contribution in [0.25, 0.3) is 0 Å². The van der Waals surface area contributed by atoms with Gasteiger partial charge in [0.25, 0.3) is 0 Å². The lowest BCUT2D eigenvalue weighted by molar-refractivity contribution is 0.0976. The van der Waals surface area contributed by atoms with E-state index in [1.165, 1.54) is 12.0 Å². The number of hydrogen-bond donors (Lipinski definition) is 1. The molecule has 0 unspecified atom stereocenters. The molecule has 1 aromatic carbocycles. The van der Waals surface area contributed by atoms with E-state index in [1.807, 2.05) is 18.2 Å². The average molecular weight is 279 g/mol. The second-order valence-corrected chi connectivity index (χ2v) is 6.03. The molecule has 1 aromatic rings. The van der Waals surface area contributed by atoms with Crippen molar-refractivity contribution < 1.29 is 9.47 Å². The quantitative estimate of drug-likeness (QED) is 0.698. The van der Waals surface area contributed by atoms with Gasteiger partial charge in [0.2, 0.25) is 0 Å². The number of para-hydroxylation sites is 1. The van der Waals surface area contributed by atoms with Crippen molar-refractivity contribution in [3.8, 4) is 5.75 Å². The fourth-order valence-electron chi connectivity index (χ4n) is 1.71. The van der Waals surface area contributed by atoms with E-state index in [9.17, 15) is 0 Å². The Hall–Kier alpha value is -1.06. The predicted octanol–water partition coefficient (Wildman–Crippen LogP) is 3.77. The van der Waals surface area contributed by atoms with Crippen molar-refractivity contribution in [2.75, 3.05) is 19.8 Å². The van der Waals surface area contributed by atoms with Gasteiger partial charge in [0, 0.05) is 24.3 Å². The monoisotopic (exact) mass is 279 g/mol. The summed E-state index contributed by atoms with van der Waals surface area (Å²) >= 11 is 0. The third-order valence-electron chi connectivity index (χ3n) is 2.91. The molecule has 0 saturated heterocycles. The summed E-state index contributed by atoms with van der Waals surface area (Å²) < 4.78 is 11.3. The molecule has 0 aliphatic heterocycles. The van der Waals surface area contributed by atoms with Crippen LogP contribution in [0.15, 0.2) is 24.3 Å². The number of hydrogen-bond acceptors (Lipinski definition) is 3. The number of rotatable bonds is 9. The van der Waals surface area contributed by atoms with Crippen molar-refractivity contribution in [3.05, 3.63) is 29.8 Å². The molecule has 1 rings (SSSR count). The van der Waals surface area contributed by atoms with Gasteiger partial charge in [-0.2, -0.15) is 0 Å². The minimum Gasteiger partial charge on any atom is -0.491 e. The molecule has 0 radical (unpaired) electrons. The minimum atomic E-state index is 0.108. The molecule has 0 fully saturated rings. The summed E-state index contributed by atoms with van der Waals surface area (Å²) in [5.74, 6) is 0.948. The fraction of sp³-hybridized carbons (Fsp3) is 0.647. The van der Waals surface area contributed by atoms with Crippen LogP contribution < -0.4 is 10.1 Å². The van der Waals surface area contributed by atoms with E-state index in [4.69, 9.17) is 9.47 Å². The normalized spacial score (nSPS) is 11.6. The van der Waals surface area contributed by atoms with Crippen LogP contribution in [0.4, 0.5) is 0 Å². The topological polar surface area (TPSA) is 30.5 Å². The molecule has 0 heterocycles. The molecular weight excluding hydrogens is 250 g/mol. The Labute approximate surface area is 123 Å². The third-order valence-corrected chi connectivity index (χ3v) is 2.91. The number of ether oxygens (including phenoxy) is 2. The van der Waals surface area contributed by atoms with Crippen LogP contribution >= 0.6 is 0 Å². The van der Waals surface area contributed by atoms with Gasteiger partial charge >= 0.3 is 0 Å². The second kappa shape index (κ2) is 8.98. The SMILES string of the molecule is CCCCOCCOc1ccccc1CNC(C)(C)C. The Balaban J connectivity index is 2.37. The zero-order valence-corrected chi connectivity index (χ0v) is 13.4. The molecule has 0 amide bonds. The van der Waals surface area contributed by atoms with Crippen LogP contribution in [0.5, 0.6) is 5.75 Å². The Morgan fingerprint density at radius 1 is 1.05 bits per heavy atom. The number of nitrogens with one attached hydrogen (secondary N) is 1. The highest BCUT2D eigenvalue weighted by molar-refractivity contribution is 5.33. The lowest BCUT2D eigenvalue weighted by Gasteiger charge is -2.21. The molecule has 0 aromatic heterocycles. The van der Waals surface area contributed by atoms with Gasteiger partial charge in [-0.05, 0) is 33.3 Å². The molecule has 1 N–H and O–H groups in total. The zero-order valence-electron chi connectivity index (χ0n) is 13.4. The van der Waals surface area contributed by atoms with Gasteiger partial charge in [0.05, 0.1) is 6.61 Å². The second-order valence-electron chi connectivity index (χ2n) is 6.03. The van der Waals surface area contributed by atoms with E-state index in [0.717, 1.165) is 25.3 Å². The predicted molar refractivity (Wildman–Crippen MR) is 84.3 cm³/mol. The van der Waals surface area contributed by atoms with Crippen LogP contribution in [0.2, 0.25) is 0 Å². The summed E-state index contributed by atoms with van der Waals surface area (Å²) in [4.78, 5) is 0. The van der Waals surface area contributed by atoms with Crippen molar-refractivity contribution in [2.24, 2.45) is 0 Å². The van der Waals surface area contributed by atoms with E-state index < -0.39 is 0 Å². The summed E-state index contributed by atoms with van der Waals surface area (Å²) in [6.07, 6.45) is 2.29. The van der Waals surface area contributed by atoms with E-state index >= 15 is 0 Å². The Morgan fingerprint density at radius 2 is 1.80 bits per heavy atom. The standard InChI is InChI=1S/C17H29NO2/c1-5-6-11-19-12-13-20-16-10-8-7-9-15(16)14-18-17(2,3)4/h7-10,18H,5-6,11-14H2,1-4H3. The minimum absolute atomic E-state index is 0.108. The Bertz CT molecular complexity index is 371. The summed E-state index contributed by atoms with van der Waals surface area (Å²) in [5, 5.41) is 3.49. The van der Waals surface area contributed by atoms with Crippen molar-refractivity contribution in [2.45, 2.75) is 52.6 Å². The molecule has 114 valence electrons. The molecule has 0 aliphatic carbocycles. The van der Waals surface area contributed by atoms with Gasteiger partial charge in [-0.25, -0.2) is 0 Å². The van der Waals surface area contributed by atoms with Crippen molar-refractivity contribution in [1.82, 2.24) is 5.32 Å². The third kappa shape index (κ3) is 7.51. The van der Waals surface area contributed by atoms with Crippen molar-refractivity contribution in [1.29, 1.82) is 0 Å². The Morgan fingerprint density at radius 3 is 2.50 bits per heavy atom. The first-order valence-corrected chi connectivity index (χ1v) is 7.56. The lowest BCUT2D eigenvalue weighted by Crippen LogP contribution is -2.35. The van der Waals surface area contributed by atoms with Gasteiger partial charge in [-0.1, -0.05) is 31.5 Å². The van der Waals surface area contributed by atoms with Gasteiger partial charge in [-0.3, -0.25) is 0 Å². The lowest BCUT2D eigenvalue weighted by atomic mass is 10.1. The summed E-state index contributed by atoms with van der Waals surface area (Å²) in [6.45, 7) is 11.6. The average Bonchev–Trinajstić information content (AvgIpc) is 2.40. The first-order chi connectivity index (χ1) is 9.53. The van der Waals surface area contributed by atoms with Crippen LogP contribution in [0, 0.1) is 0 Å². The van der Waals surface area contributed by atoms with Gasteiger partial charge in [-0.15, -0.1) is 0 Å². The van der Waals surface area contributed by atoms with Gasteiger partial charge in [0.1, 0.15) is 12.4 Å². The molecule has 0 bridgehead atoms. The largest absolute Gasteiger partial charge is 0.491 e. The summed E-state index contributed by atoms with van der Waals surface area (Å²) in [7, 11) is 0. The van der Waals surface area contributed by atoms with E-state index in [2.05, 4.69) is 39.1 Å². The maximum absolute atomic E-state index is 5.82. The van der Waals surface area contributed by atoms with Crippen molar-refractivity contribution in [3.63, 3.8) is 0 Å². The molecule has 0 atom stereocenters. The highest BCUT2D eigenvalue weighted by Crippen LogP contribution is 2.18. The van der Waals surface area contributed by atoms with Crippen LogP contribution in [-0.2, 0) is 11.3 Å². The van der Waals surface area contributed by atoms with Crippen LogP contribution in [0.3, 0.4) is 0 Å². The van der Waals surface area contributed by atoms with E-state index in [1.54, 1.807) is 0 Å². The molecule has 0 aliphatic rings. The van der Waals surface area contributed by atoms with Crippen LogP contribution in [0.1, 0.15) is 46.1 Å². The molecule has 3 heteroatoms. The van der Waals surface area contributed by atoms with Gasteiger partial charge in [0.15, 0.2) is 0 Å². The smallest absolute Gasteiger partial charge is 0.123 e. The highest BCUT2D eigenvalue weighted by Gasteiger charge is 2.10. The van der Waals surface area contributed by atoms with E-state index in [0.29, 0.717) is 13.2 Å². The maximum Gasteiger partial charge on any atom is 0.123 e. The highest BCUT2D eigenvalue weighted by atomic mass is 16.5. The van der Waals surface area contributed by atoms with E-state index in [-0.39, 0.29) is 5.54 Å². The number of benzene rings is 1. The number of unbranched alkanes of at least 4 members (excludes halogenated alkanes) is 1. The van der Waals surface area contributed by atoms with Gasteiger partial charge < -0.3 is 14.8 Å². The summed E-state index contributed by atoms with van der Waals surface area (Å²) in [5.41, 5.74) is 1.30. The fourth-order valence-corrected chi connectivity index (χ4v) is 1.71. The summed E-state index contributed by atoms with van der Waals surface area (Å²) in [6, 6.07) is 8.18. The zero-order chi connectivity index (χ0) is 14.8. The van der Waals surface area contributed by atoms with Crippen molar-refractivity contribution >= 4 is 0 Å². The maximum atomic E-state index is 5.82. The molecule has 20 heavy (non-hydrogen) atoms.